The Labute approximate surface area is 86.0 Å². The summed E-state index contributed by atoms with van der Waals surface area (Å²) in [5.74, 6) is 0. The number of nitrogens with two attached hydrogens (primary N) is 1. The summed E-state index contributed by atoms with van der Waals surface area (Å²) in [6, 6.07) is 8.40. The fourth-order valence-electron chi connectivity index (χ4n) is 1.36. The summed E-state index contributed by atoms with van der Waals surface area (Å²) in [5, 5.41) is 0. The molecule has 0 unspecified atom stereocenters. The summed E-state index contributed by atoms with van der Waals surface area (Å²) in [5.41, 5.74) is 9.03. The van der Waals surface area contributed by atoms with Gasteiger partial charge in [0.25, 0.3) is 0 Å². The average molecular weight is 190 g/mol. The molecule has 1 aromatic rings. The number of anilines is 1. The molecule has 0 aliphatic heterocycles. The quantitative estimate of drug-likeness (QED) is 0.735. The molecule has 0 aromatic heterocycles. The maximum Gasteiger partial charge on any atom is 0.0395 e. The Kier molecular flexibility index (Phi) is 3.72. The van der Waals surface area contributed by atoms with E-state index in [4.69, 9.17) is 5.73 Å². The maximum absolute atomic E-state index is 5.50. The molecule has 0 heterocycles. The Bertz CT molecular complexity index is 318. The lowest BCUT2D eigenvalue weighted by molar-refractivity contribution is 0.948. The predicted molar refractivity (Wildman–Crippen MR) is 62.6 cm³/mol. The first kappa shape index (κ1) is 10.8. The van der Waals surface area contributed by atoms with E-state index in [0.29, 0.717) is 6.54 Å². The van der Waals surface area contributed by atoms with Crippen molar-refractivity contribution in [2.24, 2.45) is 5.73 Å². The van der Waals surface area contributed by atoms with Crippen LogP contribution < -0.4 is 10.6 Å². The van der Waals surface area contributed by atoms with E-state index >= 15 is 0 Å². The van der Waals surface area contributed by atoms with E-state index in [1.165, 1.54) is 11.3 Å². The van der Waals surface area contributed by atoms with Crippen molar-refractivity contribution in [3.05, 3.63) is 42.0 Å². The van der Waals surface area contributed by atoms with Gasteiger partial charge >= 0.3 is 0 Å². The molecule has 0 radical (unpaired) electrons. The number of hydrogen-bond acceptors (Lipinski definition) is 2. The average Bonchev–Trinajstić information content (AvgIpc) is 2.17. The van der Waals surface area contributed by atoms with Gasteiger partial charge in [-0.05, 0) is 30.2 Å². The van der Waals surface area contributed by atoms with Gasteiger partial charge in [0.1, 0.15) is 0 Å². The van der Waals surface area contributed by atoms with Crippen LogP contribution in [0.5, 0.6) is 0 Å². The zero-order valence-electron chi connectivity index (χ0n) is 8.96. The van der Waals surface area contributed by atoms with Gasteiger partial charge in [-0.25, -0.2) is 0 Å². The maximum atomic E-state index is 5.50. The molecule has 0 saturated carbocycles. The molecule has 0 amide bonds. The standard InChI is InChI=1S/C12H18N2/c1-10-5-4-6-12(7-10)14(3)9-11(2)8-13/h4-7H,2,8-9,13H2,1,3H3. The van der Waals surface area contributed by atoms with Crippen molar-refractivity contribution >= 4 is 5.69 Å². The third kappa shape index (κ3) is 2.89. The second-order valence-corrected chi connectivity index (χ2v) is 3.65. The SMILES string of the molecule is C=C(CN)CN(C)c1cccc(C)c1. The van der Waals surface area contributed by atoms with Gasteiger partial charge in [-0.3, -0.25) is 0 Å². The van der Waals surface area contributed by atoms with E-state index in [-0.39, 0.29) is 0 Å². The molecule has 0 bridgehead atoms. The highest BCUT2D eigenvalue weighted by molar-refractivity contribution is 5.48. The van der Waals surface area contributed by atoms with Gasteiger partial charge in [0.15, 0.2) is 0 Å². The second kappa shape index (κ2) is 4.82. The van der Waals surface area contributed by atoms with Crippen molar-refractivity contribution in [2.75, 3.05) is 25.0 Å². The number of likely N-dealkylation sites (N-methyl/N-ethyl adjacent to an activating group) is 1. The van der Waals surface area contributed by atoms with Crippen molar-refractivity contribution in [2.45, 2.75) is 6.92 Å². The number of aryl methyl sites for hydroxylation is 1. The van der Waals surface area contributed by atoms with Gasteiger partial charge in [0.2, 0.25) is 0 Å². The first-order valence-electron chi connectivity index (χ1n) is 4.78. The molecule has 1 aromatic carbocycles. The van der Waals surface area contributed by atoms with Crippen molar-refractivity contribution < 1.29 is 0 Å². The Morgan fingerprint density at radius 3 is 2.79 bits per heavy atom. The molecular formula is C12H18N2. The summed E-state index contributed by atoms with van der Waals surface area (Å²) in [6.07, 6.45) is 0. The van der Waals surface area contributed by atoms with Crippen molar-refractivity contribution in [3.63, 3.8) is 0 Å². The summed E-state index contributed by atoms with van der Waals surface area (Å²) < 4.78 is 0. The molecule has 0 spiro atoms. The van der Waals surface area contributed by atoms with Crippen LogP contribution in [0.15, 0.2) is 36.4 Å². The molecule has 76 valence electrons. The molecule has 0 saturated heterocycles. The van der Waals surface area contributed by atoms with E-state index < -0.39 is 0 Å². The normalized spacial score (nSPS) is 9.93. The molecule has 1 rings (SSSR count). The molecule has 0 atom stereocenters. The summed E-state index contributed by atoms with van der Waals surface area (Å²) >= 11 is 0. The molecule has 2 nitrogen and oxygen atoms in total. The minimum atomic E-state index is 0.552. The fourth-order valence-corrected chi connectivity index (χ4v) is 1.36. The van der Waals surface area contributed by atoms with Crippen LogP contribution in [0.3, 0.4) is 0 Å². The van der Waals surface area contributed by atoms with E-state index in [1.54, 1.807) is 0 Å². The Morgan fingerprint density at radius 2 is 2.21 bits per heavy atom. The first-order chi connectivity index (χ1) is 6.63. The lowest BCUT2D eigenvalue weighted by atomic mass is 10.2. The van der Waals surface area contributed by atoms with Crippen LogP contribution in [-0.4, -0.2) is 20.1 Å². The first-order valence-corrected chi connectivity index (χ1v) is 4.78. The van der Waals surface area contributed by atoms with E-state index in [0.717, 1.165) is 12.1 Å². The molecule has 0 fully saturated rings. The number of benzene rings is 1. The number of nitrogens with zero attached hydrogens (tertiary/aromatic N) is 1. The topological polar surface area (TPSA) is 29.3 Å². The van der Waals surface area contributed by atoms with Crippen LogP contribution in [0.2, 0.25) is 0 Å². The van der Waals surface area contributed by atoms with Crippen molar-refractivity contribution in [1.29, 1.82) is 0 Å². The molecule has 0 aliphatic rings. The van der Waals surface area contributed by atoms with Crippen LogP contribution in [0.25, 0.3) is 0 Å². The zero-order chi connectivity index (χ0) is 10.6. The largest absolute Gasteiger partial charge is 0.371 e. The molecular weight excluding hydrogens is 172 g/mol. The van der Waals surface area contributed by atoms with Gasteiger partial charge in [0, 0.05) is 25.8 Å². The number of hydrogen-bond donors (Lipinski definition) is 1. The van der Waals surface area contributed by atoms with Gasteiger partial charge in [-0.1, -0.05) is 18.7 Å². The molecule has 2 N–H and O–H groups in total. The number of rotatable bonds is 4. The predicted octanol–water partition coefficient (Wildman–Crippen LogP) is 1.95. The van der Waals surface area contributed by atoms with Crippen LogP contribution in [0.4, 0.5) is 5.69 Å². The van der Waals surface area contributed by atoms with E-state index in [1.807, 2.05) is 0 Å². The minimum absolute atomic E-state index is 0.552. The van der Waals surface area contributed by atoms with Crippen LogP contribution in [0, 0.1) is 6.92 Å². The van der Waals surface area contributed by atoms with Crippen molar-refractivity contribution in [3.8, 4) is 0 Å². The van der Waals surface area contributed by atoms with Crippen LogP contribution >= 0.6 is 0 Å². The third-order valence-electron chi connectivity index (χ3n) is 2.19. The Balaban J connectivity index is 2.69. The van der Waals surface area contributed by atoms with Crippen LogP contribution in [-0.2, 0) is 0 Å². The zero-order valence-corrected chi connectivity index (χ0v) is 8.96. The summed E-state index contributed by atoms with van der Waals surface area (Å²) in [4.78, 5) is 2.15. The van der Waals surface area contributed by atoms with E-state index in [2.05, 4.69) is 49.7 Å². The lowest BCUT2D eigenvalue weighted by Gasteiger charge is -2.20. The highest BCUT2D eigenvalue weighted by atomic mass is 15.1. The van der Waals surface area contributed by atoms with Crippen molar-refractivity contribution in [1.82, 2.24) is 0 Å². The fraction of sp³-hybridized carbons (Fsp3) is 0.333. The van der Waals surface area contributed by atoms with E-state index in [9.17, 15) is 0 Å². The van der Waals surface area contributed by atoms with Gasteiger partial charge in [0.05, 0.1) is 0 Å². The van der Waals surface area contributed by atoms with Gasteiger partial charge < -0.3 is 10.6 Å². The monoisotopic (exact) mass is 190 g/mol. The highest BCUT2D eigenvalue weighted by Gasteiger charge is 2.01. The minimum Gasteiger partial charge on any atom is -0.371 e. The molecule has 2 heteroatoms. The Morgan fingerprint density at radius 1 is 1.50 bits per heavy atom. The Hall–Kier alpha value is -1.28. The lowest BCUT2D eigenvalue weighted by Crippen LogP contribution is -2.22. The smallest absolute Gasteiger partial charge is 0.0395 e. The van der Waals surface area contributed by atoms with Crippen LogP contribution in [0.1, 0.15) is 5.56 Å². The molecule has 0 aliphatic carbocycles. The highest BCUT2D eigenvalue weighted by Crippen LogP contribution is 2.14. The summed E-state index contributed by atoms with van der Waals surface area (Å²) in [6.45, 7) is 7.36. The van der Waals surface area contributed by atoms with Gasteiger partial charge in [-0.15, -0.1) is 0 Å². The third-order valence-corrected chi connectivity index (χ3v) is 2.19. The second-order valence-electron chi connectivity index (χ2n) is 3.65. The molecule has 14 heavy (non-hydrogen) atoms. The summed E-state index contributed by atoms with van der Waals surface area (Å²) in [7, 11) is 2.05. The van der Waals surface area contributed by atoms with Gasteiger partial charge in [-0.2, -0.15) is 0 Å².